The lowest BCUT2D eigenvalue weighted by Crippen LogP contribution is -2.20. The van der Waals surface area contributed by atoms with E-state index in [0.29, 0.717) is 19.1 Å². The number of carbonyl (C=O) groups is 1. The van der Waals surface area contributed by atoms with Gasteiger partial charge >= 0.3 is 0 Å². The maximum Gasteiger partial charge on any atom is 0.267 e. The molecule has 0 saturated heterocycles. The van der Waals surface area contributed by atoms with Crippen LogP contribution in [0, 0.1) is 10.1 Å². The van der Waals surface area contributed by atoms with E-state index >= 15 is 0 Å². The van der Waals surface area contributed by atoms with Gasteiger partial charge in [0.2, 0.25) is 0 Å². The smallest absolute Gasteiger partial charge is 0.267 e. The van der Waals surface area contributed by atoms with Gasteiger partial charge in [0.25, 0.3) is 6.04 Å². The molecule has 0 aliphatic rings. The summed E-state index contributed by atoms with van der Waals surface area (Å²) in [7, 11) is 0. The second kappa shape index (κ2) is 4.00. The summed E-state index contributed by atoms with van der Waals surface area (Å²) in [5.41, 5.74) is 0. The van der Waals surface area contributed by atoms with Crippen LogP contribution in [0.4, 0.5) is 0 Å². The van der Waals surface area contributed by atoms with Gasteiger partial charge in [0.1, 0.15) is 0 Å². The predicted molar refractivity (Wildman–Crippen MR) is 31.8 cm³/mol. The number of rotatable bonds is 4. The van der Waals surface area contributed by atoms with Crippen LogP contribution in [0.25, 0.3) is 0 Å². The van der Waals surface area contributed by atoms with Gasteiger partial charge in [-0.15, -0.1) is 0 Å². The molecule has 0 aromatic rings. The van der Waals surface area contributed by atoms with Gasteiger partial charge in [0, 0.05) is 11.3 Å². The molecule has 0 N–H and O–H groups in total. The molecule has 0 aromatic carbocycles. The highest BCUT2D eigenvalue weighted by Crippen LogP contribution is 1.96. The molecule has 0 fully saturated rings. The van der Waals surface area contributed by atoms with Crippen LogP contribution < -0.4 is 0 Å². The van der Waals surface area contributed by atoms with E-state index in [9.17, 15) is 14.9 Å². The average molecular weight is 131 g/mol. The molecule has 0 rings (SSSR count). The van der Waals surface area contributed by atoms with Crippen molar-refractivity contribution in [3.8, 4) is 0 Å². The van der Waals surface area contributed by atoms with Gasteiger partial charge in [-0.05, 0) is 6.42 Å². The monoisotopic (exact) mass is 131 g/mol. The van der Waals surface area contributed by atoms with E-state index < -0.39 is 11.0 Å². The second-order valence-corrected chi connectivity index (χ2v) is 1.78. The lowest BCUT2D eigenvalue weighted by Gasteiger charge is -1.96. The van der Waals surface area contributed by atoms with Gasteiger partial charge in [-0.1, -0.05) is 6.92 Å². The van der Waals surface area contributed by atoms with E-state index in [2.05, 4.69) is 0 Å². The van der Waals surface area contributed by atoms with E-state index in [1.165, 1.54) is 0 Å². The summed E-state index contributed by atoms with van der Waals surface area (Å²) < 4.78 is 0. The largest absolute Gasteiger partial charge is 0.296 e. The molecule has 52 valence electrons. The lowest BCUT2D eigenvalue weighted by molar-refractivity contribution is -0.506. The van der Waals surface area contributed by atoms with Crippen molar-refractivity contribution < 1.29 is 9.72 Å². The van der Waals surface area contributed by atoms with Crippen molar-refractivity contribution in [2.75, 3.05) is 0 Å². The molecule has 0 heterocycles. The van der Waals surface area contributed by atoms with Crippen molar-refractivity contribution in [1.82, 2.24) is 0 Å². The standard InChI is InChI=1S/C5H9NO3/c1-2-3-5(4-7)6(8)9/h4-5H,2-3H2,1H3. The molecule has 0 aromatic heterocycles. The quantitative estimate of drug-likeness (QED) is 0.319. The van der Waals surface area contributed by atoms with Crippen LogP contribution in [0.2, 0.25) is 0 Å². The Labute approximate surface area is 53.0 Å². The summed E-state index contributed by atoms with van der Waals surface area (Å²) >= 11 is 0. The molecule has 9 heavy (non-hydrogen) atoms. The molecular weight excluding hydrogens is 122 g/mol. The van der Waals surface area contributed by atoms with Crippen molar-refractivity contribution in [1.29, 1.82) is 0 Å². The van der Waals surface area contributed by atoms with Crippen molar-refractivity contribution in [3.05, 3.63) is 10.1 Å². The fraction of sp³-hybridized carbons (Fsp3) is 0.800. The van der Waals surface area contributed by atoms with Crippen LogP contribution in [0.3, 0.4) is 0 Å². The van der Waals surface area contributed by atoms with Crippen LogP contribution in [-0.2, 0) is 4.79 Å². The molecule has 0 saturated carbocycles. The summed E-state index contributed by atoms with van der Waals surface area (Å²) in [6.45, 7) is 1.81. The van der Waals surface area contributed by atoms with E-state index in [4.69, 9.17) is 0 Å². The van der Waals surface area contributed by atoms with Gasteiger partial charge in [0.05, 0.1) is 0 Å². The Morgan fingerprint density at radius 1 is 1.78 bits per heavy atom. The minimum Gasteiger partial charge on any atom is -0.296 e. The van der Waals surface area contributed by atoms with Crippen molar-refractivity contribution in [3.63, 3.8) is 0 Å². The Bertz CT molecular complexity index is 113. The molecule has 0 aliphatic carbocycles. The summed E-state index contributed by atoms with van der Waals surface area (Å²) in [4.78, 5) is 19.2. The number of nitrogens with zero attached hydrogens (tertiary/aromatic N) is 1. The Kier molecular flexibility index (Phi) is 3.59. The van der Waals surface area contributed by atoms with Crippen LogP contribution in [0.5, 0.6) is 0 Å². The fourth-order valence-corrected chi connectivity index (χ4v) is 0.519. The molecule has 0 amide bonds. The molecule has 0 radical (unpaired) electrons. The first-order valence-electron chi connectivity index (χ1n) is 2.81. The predicted octanol–water partition coefficient (Wildman–Crippen LogP) is 0.631. The summed E-state index contributed by atoms with van der Waals surface area (Å²) in [6, 6.07) is -0.991. The highest BCUT2D eigenvalue weighted by atomic mass is 16.6. The van der Waals surface area contributed by atoms with Gasteiger partial charge in [-0.25, -0.2) is 0 Å². The van der Waals surface area contributed by atoms with E-state index in [1.54, 1.807) is 6.92 Å². The molecule has 0 spiro atoms. The van der Waals surface area contributed by atoms with E-state index in [-0.39, 0.29) is 0 Å². The van der Waals surface area contributed by atoms with Crippen molar-refractivity contribution >= 4 is 6.29 Å². The van der Waals surface area contributed by atoms with Gasteiger partial charge in [0.15, 0.2) is 6.29 Å². The number of carbonyl (C=O) groups excluding carboxylic acids is 1. The summed E-state index contributed by atoms with van der Waals surface area (Å²) in [6.07, 6.45) is 1.39. The summed E-state index contributed by atoms with van der Waals surface area (Å²) in [5.74, 6) is 0. The van der Waals surface area contributed by atoms with Crippen LogP contribution in [-0.4, -0.2) is 17.3 Å². The highest BCUT2D eigenvalue weighted by molar-refractivity contribution is 5.55. The Balaban J connectivity index is 3.68. The van der Waals surface area contributed by atoms with Gasteiger partial charge in [-0.3, -0.25) is 14.9 Å². The Morgan fingerprint density at radius 2 is 2.33 bits per heavy atom. The first-order valence-corrected chi connectivity index (χ1v) is 2.81. The maximum absolute atomic E-state index is 9.89. The normalized spacial score (nSPS) is 12.6. The number of hydrogen-bond donors (Lipinski definition) is 0. The molecule has 0 aliphatic heterocycles. The molecule has 4 heteroatoms. The first-order chi connectivity index (χ1) is 4.22. The molecule has 0 bridgehead atoms. The molecule has 1 atom stereocenters. The number of hydrogen-bond acceptors (Lipinski definition) is 3. The third kappa shape index (κ3) is 2.79. The number of nitro groups is 1. The minimum atomic E-state index is -0.991. The van der Waals surface area contributed by atoms with Crippen molar-refractivity contribution in [2.24, 2.45) is 0 Å². The maximum atomic E-state index is 9.89. The second-order valence-electron chi connectivity index (χ2n) is 1.78. The van der Waals surface area contributed by atoms with Gasteiger partial charge < -0.3 is 0 Å². The Hall–Kier alpha value is -0.930. The average Bonchev–Trinajstić information content (AvgIpc) is 1.82. The zero-order chi connectivity index (χ0) is 7.28. The lowest BCUT2D eigenvalue weighted by atomic mass is 10.2. The third-order valence-corrected chi connectivity index (χ3v) is 1.01. The first kappa shape index (κ1) is 8.07. The SMILES string of the molecule is CCCC(C=O)[N+](=O)[O-]. The third-order valence-electron chi connectivity index (χ3n) is 1.01. The summed E-state index contributed by atoms with van der Waals surface area (Å²) in [5, 5.41) is 9.89. The van der Waals surface area contributed by atoms with Crippen LogP contribution in [0.15, 0.2) is 0 Å². The Morgan fingerprint density at radius 3 is 2.44 bits per heavy atom. The van der Waals surface area contributed by atoms with E-state index in [1.807, 2.05) is 0 Å². The zero-order valence-electron chi connectivity index (χ0n) is 5.24. The number of aldehydes is 1. The molecule has 4 nitrogen and oxygen atoms in total. The minimum absolute atomic E-state index is 0.344. The molecular formula is C5H9NO3. The van der Waals surface area contributed by atoms with E-state index in [0.717, 1.165) is 0 Å². The fourth-order valence-electron chi connectivity index (χ4n) is 0.519. The van der Waals surface area contributed by atoms with Crippen LogP contribution in [0.1, 0.15) is 19.8 Å². The molecule has 1 unspecified atom stereocenters. The topological polar surface area (TPSA) is 60.2 Å². The zero-order valence-corrected chi connectivity index (χ0v) is 5.24. The van der Waals surface area contributed by atoms with Crippen molar-refractivity contribution in [2.45, 2.75) is 25.8 Å². The van der Waals surface area contributed by atoms with Crippen LogP contribution >= 0.6 is 0 Å². The highest BCUT2D eigenvalue weighted by Gasteiger charge is 2.15. The van der Waals surface area contributed by atoms with Gasteiger partial charge in [-0.2, -0.15) is 0 Å².